The Morgan fingerprint density at radius 3 is 2.60 bits per heavy atom. The average Bonchev–Trinajstić information content (AvgIpc) is 2.87. The largest absolute Gasteiger partial charge is 0.358 e. The Morgan fingerprint density at radius 1 is 1.40 bits per heavy atom. The first kappa shape index (κ1) is 16.5. The fourth-order valence-electron chi connectivity index (χ4n) is 2.41. The van der Waals surface area contributed by atoms with Gasteiger partial charge >= 0.3 is 5.82 Å². The Morgan fingerprint density at radius 2 is 2.05 bits per heavy atom. The number of H-pyrrole nitrogens is 1. The van der Waals surface area contributed by atoms with Gasteiger partial charge in [-0.25, -0.2) is 4.98 Å². The summed E-state index contributed by atoms with van der Waals surface area (Å²) in [7, 11) is 0. The van der Waals surface area contributed by atoms with Gasteiger partial charge in [0.15, 0.2) is 5.69 Å². The van der Waals surface area contributed by atoms with Gasteiger partial charge in [0.2, 0.25) is 0 Å². The standard InChI is InChI=1S/C12H18N4O3.ClH/c13-12(6-2-1-3-7-12)8-14-11(17)9-4-5-10(15-9)16(18)19;/h4-5,15H,1-3,6-8,13H2,(H,14,17);1H. The predicted octanol–water partition coefficient (Wildman–Crippen LogP) is 1.74. The third-order valence-electron chi connectivity index (χ3n) is 3.56. The number of nitrogens with one attached hydrogen (secondary N) is 2. The smallest absolute Gasteiger partial charge is 0.321 e. The van der Waals surface area contributed by atoms with Gasteiger partial charge in [-0.3, -0.25) is 4.79 Å². The molecule has 4 N–H and O–H groups in total. The summed E-state index contributed by atoms with van der Waals surface area (Å²) in [6, 6.07) is 2.67. The van der Waals surface area contributed by atoms with Gasteiger partial charge in [-0.1, -0.05) is 19.3 Å². The molecule has 0 aliphatic heterocycles. The molecule has 0 radical (unpaired) electrons. The van der Waals surface area contributed by atoms with E-state index in [9.17, 15) is 14.9 Å². The molecule has 1 heterocycles. The van der Waals surface area contributed by atoms with E-state index in [2.05, 4.69) is 10.3 Å². The minimum Gasteiger partial charge on any atom is -0.358 e. The van der Waals surface area contributed by atoms with E-state index in [1.54, 1.807) is 0 Å². The van der Waals surface area contributed by atoms with E-state index in [1.165, 1.54) is 18.6 Å². The number of carbonyl (C=O) groups is 1. The van der Waals surface area contributed by atoms with Gasteiger partial charge in [-0.2, -0.15) is 0 Å². The van der Waals surface area contributed by atoms with Gasteiger partial charge < -0.3 is 21.2 Å². The molecule has 1 aliphatic carbocycles. The molecule has 1 saturated carbocycles. The number of rotatable bonds is 4. The second-order valence-electron chi connectivity index (χ2n) is 5.12. The summed E-state index contributed by atoms with van der Waals surface area (Å²) < 4.78 is 0. The molecule has 0 bridgehead atoms. The zero-order valence-electron chi connectivity index (χ0n) is 11.1. The Kier molecular flexibility index (Phi) is 5.52. The van der Waals surface area contributed by atoms with E-state index in [0.29, 0.717) is 6.54 Å². The van der Waals surface area contributed by atoms with Crippen molar-refractivity contribution in [3.05, 3.63) is 27.9 Å². The molecule has 20 heavy (non-hydrogen) atoms. The van der Waals surface area contributed by atoms with Crippen molar-refractivity contribution < 1.29 is 9.72 Å². The molecule has 1 aromatic rings. The van der Waals surface area contributed by atoms with Gasteiger partial charge in [0, 0.05) is 18.2 Å². The lowest BCUT2D eigenvalue weighted by Crippen LogP contribution is -2.51. The number of hydrogen-bond donors (Lipinski definition) is 3. The number of halogens is 1. The highest BCUT2D eigenvalue weighted by Gasteiger charge is 2.28. The van der Waals surface area contributed by atoms with Crippen molar-refractivity contribution in [1.82, 2.24) is 10.3 Å². The van der Waals surface area contributed by atoms with Gasteiger partial charge in [0.05, 0.1) is 0 Å². The van der Waals surface area contributed by atoms with Crippen LogP contribution in [0.15, 0.2) is 12.1 Å². The van der Waals surface area contributed by atoms with Crippen LogP contribution in [-0.4, -0.2) is 27.9 Å². The van der Waals surface area contributed by atoms with Gasteiger partial charge in [0.25, 0.3) is 5.91 Å². The average molecular weight is 303 g/mol. The summed E-state index contributed by atoms with van der Waals surface area (Å²) >= 11 is 0. The minimum atomic E-state index is -0.567. The molecule has 0 saturated heterocycles. The predicted molar refractivity (Wildman–Crippen MR) is 77.0 cm³/mol. The second kappa shape index (κ2) is 6.71. The minimum absolute atomic E-state index is 0. The van der Waals surface area contributed by atoms with Gasteiger partial charge in [0.1, 0.15) is 0 Å². The molecule has 2 rings (SSSR count). The lowest BCUT2D eigenvalue weighted by atomic mass is 9.82. The molecular weight excluding hydrogens is 284 g/mol. The Hall–Kier alpha value is -1.60. The molecule has 8 heteroatoms. The highest BCUT2D eigenvalue weighted by atomic mass is 35.5. The van der Waals surface area contributed by atoms with Crippen LogP contribution in [0.2, 0.25) is 0 Å². The van der Waals surface area contributed by atoms with Crippen LogP contribution in [0.1, 0.15) is 42.6 Å². The number of aromatic amines is 1. The first-order valence-electron chi connectivity index (χ1n) is 6.41. The fourth-order valence-corrected chi connectivity index (χ4v) is 2.41. The highest BCUT2D eigenvalue weighted by Crippen LogP contribution is 2.25. The number of hydrogen-bond acceptors (Lipinski definition) is 4. The van der Waals surface area contributed by atoms with Gasteiger partial charge in [-0.15, -0.1) is 12.4 Å². The molecule has 7 nitrogen and oxygen atoms in total. The number of nitrogens with zero attached hydrogens (tertiary/aromatic N) is 1. The molecule has 0 unspecified atom stereocenters. The summed E-state index contributed by atoms with van der Waals surface area (Å²) in [4.78, 5) is 24.3. The zero-order chi connectivity index (χ0) is 13.9. The van der Waals surface area contributed by atoms with Crippen molar-refractivity contribution in [1.29, 1.82) is 0 Å². The van der Waals surface area contributed by atoms with Crippen LogP contribution in [0.25, 0.3) is 0 Å². The molecule has 0 spiro atoms. The van der Waals surface area contributed by atoms with Crippen molar-refractivity contribution in [3.8, 4) is 0 Å². The number of carbonyl (C=O) groups excluding carboxylic acids is 1. The van der Waals surface area contributed by atoms with Crippen molar-refractivity contribution in [2.24, 2.45) is 5.73 Å². The van der Waals surface area contributed by atoms with Crippen LogP contribution in [0, 0.1) is 10.1 Å². The normalized spacial score (nSPS) is 17.1. The van der Waals surface area contributed by atoms with Crippen LogP contribution in [0.4, 0.5) is 5.82 Å². The SMILES string of the molecule is Cl.NC1(CNC(=O)c2ccc([N+](=O)[O-])[nH]2)CCCCC1. The summed E-state index contributed by atoms with van der Waals surface area (Å²) in [5.41, 5.74) is 6.05. The lowest BCUT2D eigenvalue weighted by Gasteiger charge is -2.33. The second-order valence-corrected chi connectivity index (χ2v) is 5.12. The highest BCUT2D eigenvalue weighted by molar-refractivity contribution is 5.92. The fraction of sp³-hybridized carbons (Fsp3) is 0.583. The number of aromatic nitrogens is 1. The summed E-state index contributed by atoms with van der Waals surface area (Å²) in [6.07, 6.45) is 5.16. The monoisotopic (exact) mass is 302 g/mol. The van der Waals surface area contributed by atoms with E-state index < -0.39 is 4.92 Å². The summed E-state index contributed by atoms with van der Waals surface area (Å²) in [5.74, 6) is -0.547. The molecule has 1 fully saturated rings. The molecular formula is C12H19ClN4O3. The topological polar surface area (TPSA) is 114 Å². The van der Waals surface area contributed by atoms with E-state index in [-0.39, 0.29) is 35.4 Å². The van der Waals surface area contributed by atoms with E-state index in [4.69, 9.17) is 5.73 Å². The van der Waals surface area contributed by atoms with Crippen LogP contribution < -0.4 is 11.1 Å². The quantitative estimate of drug-likeness (QED) is 0.580. The maximum absolute atomic E-state index is 11.8. The Bertz CT molecular complexity index is 483. The molecule has 1 aromatic heterocycles. The Balaban J connectivity index is 0.00000200. The lowest BCUT2D eigenvalue weighted by molar-refractivity contribution is -0.389. The van der Waals surface area contributed by atoms with Crippen LogP contribution in [-0.2, 0) is 0 Å². The van der Waals surface area contributed by atoms with Crippen molar-refractivity contribution in [3.63, 3.8) is 0 Å². The molecule has 0 atom stereocenters. The Labute approximate surface area is 122 Å². The van der Waals surface area contributed by atoms with Crippen LogP contribution >= 0.6 is 12.4 Å². The molecule has 112 valence electrons. The number of nitrogens with two attached hydrogens (primary N) is 1. The van der Waals surface area contributed by atoms with E-state index in [1.807, 2.05) is 0 Å². The number of nitro groups is 1. The molecule has 1 aliphatic rings. The van der Waals surface area contributed by atoms with Crippen LogP contribution in [0.3, 0.4) is 0 Å². The zero-order valence-corrected chi connectivity index (χ0v) is 11.9. The molecule has 1 amide bonds. The maximum Gasteiger partial charge on any atom is 0.321 e. The van der Waals surface area contributed by atoms with Crippen molar-refractivity contribution >= 4 is 24.1 Å². The first-order chi connectivity index (χ1) is 9.00. The van der Waals surface area contributed by atoms with Crippen LogP contribution in [0.5, 0.6) is 0 Å². The first-order valence-corrected chi connectivity index (χ1v) is 6.41. The third-order valence-corrected chi connectivity index (χ3v) is 3.56. The summed E-state index contributed by atoms with van der Waals surface area (Å²) in [5, 5.41) is 13.3. The van der Waals surface area contributed by atoms with Crippen molar-refractivity contribution in [2.75, 3.05) is 6.54 Å². The van der Waals surface area contributed by atoms with E-state index in [0.717, 1.165) is 25.7 Å². The third kappa shape index (κ3) is 3.94. The molecule has 0 aromatic carbocycles. The van der Waals surface area contributed by atoms with E-state index >= 15 is 0 Å². The van der Waals surface area contributed by atoms with Gasteiger partial charge in [-0.05, 0) is 23.8 Å². The summed E-state index contributed by atoms with van der Waals surface area (Å²) in [6.45, 7) is 0.401. The number of amides is 1. The maximum atomic E-state index is 11.8. The van der Waals surface area contributed by atoms with Crippen molar-refractivity contribution in [2.45, 2.75) is 37.6 Å².